The van der Waals surface area contributed by atoms with Gasteiger partial charge in [-0.15, -0.1) is 0 Å². The van der Waals surface area contributed by atoms with E-state index in [0.717, 1.165) is 5.56 Å². The molecule has 0 aliphatic carbocycles. The van der Waals surface area contributed by atoms with E-state index >= 15 is 0 Å². The fraction of sp³-hybridized carbons (Fsp3) is 0.438. The number of nitrogens with zero attached hydrogens (tertiary/aromatic N) is 1. The zero-order valence-corrected chi connectivity index (χ0v) is 13.8. The van der Waals surface area contributed by atoms with Crippen molar-refractivity contribution in [1.82, 2.24) is 4.90 Å². The second kappa shape index (κ2) is 7.62. The number of ether oxygens (including phenoxy) is 1. The molecule has 0 atom stereocenters. The monoisotopic (exact) mass is 322 g/mol. The van der Waals surface area contributed by atoms with Crippen LogP contribution in [0.25, 0.3) is 0 Å². The summed E-state index contributed by atoms with van der Waals surface area (Å²) in [6.45, 7) is 3.63. The van der Waals surface area contributed by atoms with Crippen LogP contribution in [0.3, 0.4) is 0 Å². The molecule has 23 heavy (non-hydrogen) atoms. The van der Waals surface area contributed by atoms with Gasteiger partial charge in [0.1, 0.15) is 0 Å². The predicted molar refractivity (Wildman–Crippen MR) is 85.4 cm³/mol. The van der Waals surface area contributed by atoms with Crippen molar-refractivity contribution in [3.8, 4) is 0 Å². The van der Waals surface area contributed by atoms with E-state index in [2.05, 4.69) is 5.32 Å². The minimum absolute atomic E-state index is 0.115. The lowest BCUT2D eigenvalue weighted by atomic mass is 9.85. The van der Waals surface area contributed by atoms with Gasteiger partial charge in [-0.1, -0.05) is 12.1 Å². The number of rotatable bonds is 6. The van der Waals surface area contributed by atoms with E-state index in [1.165, 1.54) is 19.1 Å². The lowest BCUT2D eigenvalue weighted by molar-refractivity contribution is -0.146. The minimum atomic E-state index is -0.959. The van der Waals surface area contributed by atoms with E-state index in [4.69, 9.17) is 9.84 Å². The van der Waals surface area contributed by atoms with Crippen LogP contribution in [0.4, 0.5) is 10.5 Å². The molecule has 7 nitrogen and oxygen atoms in total. The van der Waals surface area contributed by atoms with Crippen LogP contribution in [0.1, 0.15) is 25.8 Å². The van der Waals surface area contributed by atoms with E-state index in [0.29, 0.717) is 5.69 Å². The van der Waals surface area contributed by atoms with Gasteiger partial charge in [0.25, 0.3) is 0 Å². The maximum absolute atomic E-state index is 11.9. The van der Waals surface area contributed by atoms with Crippen molar-refractivity contribution < 1.29 is 24.2 Å². The summed E-state index contributed by atoms with van der Waals surface area (Å²) in [7, 11) is 2.86. The number of carbonyl (C=O) groups is 3. The van der Waals surface area contributed by atoms with Crippen molar-refractivity contribution in [3.05, 3.63) is 29.8 Å². The molecule has 7 heteroatoms. The van der Waals surface area contributed by atoms with Crippen molar-refractivity contribution in [2.45, 2.75) is 25.7 Å². The second-order valence-corrected chi connectivity index (χ2v) is 5.69. The molecular weight excluding hydrogens is 300 g/mol. The Morgan fingerprint density at radius 3 is 2.26 bits per heavy atom. The van der Waals surface area contributed by atoms with Crippen molar-refractivity contribution in [3.63, 3.8) is 0 Å². The highest BCUT2D eigenvalue weighted by Gasteiger charge is 2.30. The Labute approximate surface area is 135 Å². The summed E-state index contributed by atoms with van der Waals surface area (Å²) in [6, 6.07) is 6.45. The first-order valence-corrected chi connectivity index (χ1v) is 7.11. The molecule has 0 saturated heterocycles. The maximum atomic E-state index is 11.9. The van der Waals surface area contributed by atoms with E-state index < -0.39 is 17.4 Å². The second-order valence-electron chi connectivity index (χ2n) is 5.69. The Hall–Kier alpha value is -2.57. The molecule has 2 amide bonds. The van der Waals surface area contributed by atoms with Gasteiger partial charge in [-0.3, -0.25) is 9.59 Å². The van der Waals surface area contributed by atoms with Gasteiger partial charge in [0.2, 0.25) is 0 Å². The molecule has 126 valence electrons. The number of carboxylic acid groups (broad SMARTS) is 1. The highest BCUT2D eigenvalue weighted by Crippen LogP contribution is 2.25. The summed E-state index contributed by atoms with van der Waals surface area (Å²) < 4.78 is 4.78. The molecule has 2 N–H and O–H groups in total. The lowest BCUT2D eigenvalue weighted by Crippen LogP contribution is -2.33. The lowest BCUT2D eigenvalue weighted by Gasteiger charge is -2.22. The van der Waals surface area contributed by atoms with Gasteiger partial charge in [0.05, 0.1) is 18.9 Å². The summed E-state index contributed by atoms with van der Waals surface area (Å²) in [6.07, 6.45) is -0.115. The van der Waals surface area contributed by atoms with Gasteiger partial charge in [-0.2, -0.15) is 0 Å². The summed E-state index contributed by atoms with van der Waals surface area (Å²) in [4.78, 5) is 35.5. The number of anilines is 1. The molecule has 0 saturated carbocycles. The van der Waals surface area contributed by atoms with Crippen LogP contribution in [0.15, 0.2) is 24.3 Å². The Morgan fingerprint density at radius 1 is 1.22 bits per heavy atom. The molecule has 0 bridgehead atoms. The van der Waals surface area contributed by atoms with Gasteiger partial charge in [0.15, 0.2) is 0 Å². The van der Waals surface area contributed by atoms with Crippen LogP contribution in [-0.4, -0.2) is 48.7 Å². The maximum Gasteiger partial charge on any atom is 0.321 e. The fourth-order valence-electron chi connectivity index (χ4n) is 1.93. The quantitative estimate of drug-likeness (QED) is 0.782. The van der Waals surface area contributed by atoms with Gasteiger partial charge in [0, 0.05) is 19.3 Å². The number of urea groups is 1. The number of hydrogen-bond acceptors (Lipinski definition) is 4. The predicted octanol–water partition coefficient (Wildman–Crippen LogP) is 2.08. The Balaban J connectivity index is 2.72. The number of benzene rings is 1. The molecule has 1 rings (SSSR count). The largest absolute Gasteiger partial charge is 0.481 e. The Bertz CT molecular complexity index is 581. The summed E-state index contributed by atoms with van der Waals surface area (Å²) in [5, 5.41) is 11.3. The van der Waals surface area contributed by atoms with Crippen molar-refractivity contribution >= 4 is 23.7 Å². The van der Waals surface area contributed by atoms with Gasteiger partial charge in [-0.25, -0.2) is 4.79 Å². The Kier molecular flexibility index (Phi) is 6.12. The van der Waals surface area contributed by atoms with Crippen LogP contribution in [0.5, 0.6) is 0 Å². The van der Waals surface area contributed by atoms with E-state index in [-0.39, 0.29) is 18.9 Å². The summed E-state index contributed by atoms with van der Waals surface area (Å²) >= 11 is 0. The zero-order chi connectivity index (χ0) is 17.6. The first kappa shape index (κ1) is 18.5. The molecule has 0 unspecified atom stereocenters. The SMILES string of the molecule is COC(=O)C(C)(C)c1ccc(NC(=O)N(C)CCC(=O)O)cc1. The summed E-state index contributed by atoms with van der Waals surface area (Å²) in [5.41, 5.74) is 0.540. The molecule has 0 aliphatic heterocycles. The molecule has 0 fully saturated rings. The number of amides is 2. The molecule has 0 aliphatic rings. The molecule has 1 aromatic rings. The van der Waals surface area contributed by atoms with Gasteiger partial charge < -0.3 is 20.1 Å². The molecule has 1 aromatic carbocycles. The van der Waals surface area contributed by atoms with E-state index in [9.17, 15) is 14.4 Å². The molecule has 0 radical (unpaired) electrons. The van der Waals surface area contributed by atoms with Crippen molar-refractivity contribution in [1.29, 1.82) is 0 Å². The first-order valence-electron chi connectivity index (χ1n) is 7.11. The number of carboxylic acids is 1. The van der Waals surface area contributed by atoms with Crippen LogP contribution in [-0.2, 0) is 19.7 Å². The minimum Gasteiger partial charge on any atom is -0.481 e. The molecule has 0 aromatic heterocycles. The third kappa shape index (κ3) is 4.98. The highest BCUT2D eigenvalue weighted by atomic mass is 16.5. The number of carbonyl (C=O) groups excluding carboxylic acids is 2. The van der Waals surface area contributed by atoms with Gasteiger partial charge in [-0.05, 0) is 31.5 Å². The number of methoxy groups -OCH3 is 1. The van der Waals surface area contributed by atoms with Crippen LogP contribution in [0.2, 0.25) is 0 Å². The molecular formula is C16H22N2O5. The third-order valence-corrected chi connectivity index (χ3v) is 3.56. The zero-order valence-electron chi connectivity index (χ0n) is 13.8. The van der Waals surface area contributed by atoms with Crippen LogP contribution >= 0.6 is 0 Å². The first-order chi connectivity index (χ1) is 10.7. The van der Waals surface area contributed by atoms with Crippen molar-refractivity contribution in [2.75, 3.05) is 26.0 Å². The number of esters is 1. The van der Waals surface area contributed by atoms with Crippen molar-refractivity contribution in [2.24, 2.45) is 0 Å². The summed E-state index contributed by atoms with van der Waals surface area (Å²) in [5.74, 6) is -1.30. The van der Waals surface area contributed by atoms with Gasteiger partial charge >= 0.3 is 18.0 Å². The third-order valence-electron chi connectivity index (χ3n) is 3.56. The number of hydrogen-bond donors (Lipinski definition) is 2. The van der Waals surface area contributed by atoms with Crippen LogP contribution in [0, 0.1) is 0 Å². The topological polar surface area (TPSA) is 95.9 Å². The Morgan fingerprint density at radius 2 is 1.78 bits per heavy atom. The molecule has 0 spiro atoms. The smallest absolute Gasteiger partial charge is 0.321 e. The number of nitrogens with one attached hydrogen (secondary N) is 1. The average molecular weight is 322 g/mol. The number of aliphatic carboxylic acids is 1. The fourth-order valence-corrected chi connectivity index (χ4v) is 1.93. The average Bonchev–Trinajstić information content (AvgIpc) is 2.51. The van der Waals surface area contributed by atoms with E-state index in [1.54, 1.807) is 38.1 Å². The van der Waals surface area contributed by atoms with E-state index in [1.807, 2.05) is 0 Å². The highest BCUT2D eigenvalue weighted by molar-refractivity contribution is 5.89. The van der Waals surface area contributed by atoms with Crippen LogP contribution < -0.4 is 5.32 Å². The normalized spacial score (nSPS) is 10.8. The standard InChI is InChI=1S/C16H22N2O5/c1-16(2,14(21)23-4)11-5-7-12(8-6-11)17-15(22)18(3)10-9-13(19)20/h5-8H,9-10H2,1-4H3,(H,17,22)(H,19,20). The molecule has 0 heterocycles.